The van der Waals surface area contributed by atoms with E-state index in [1.807, 2.05) is 0 Å². The fourth-order valence-corrected chi connectivity index (χ4v) is 3.25. The number of hydrogen-bond donors (Lipinski definition) is 1. The van der Waals surface area contributed by atoms with Crippen LogP contribution < -0.4 is 14.8 Å². The van der Waals surface area contributed by atoms with Crippen LogP contribution in [0.3, 0.4) is 0 Å². The molecule has 3 rings (SSSR count). The lowest BCUT2D eigenvalue weighted by Crippen LogP contribution is -2.31. The maximum atomic E-state index is 12.0. The van der Waals surface area contributed by atoms with Gasteiger partial charge in [-0.05, 0) is 49.0 Å². The van der Waals surface area contributed by atoms with Crippen molar-refractivity contribution in [1.82, 2.24) is 5.32 Å². The monoisotopic (exact) mass is 333 g/mol. The van der Waals surface area contributed by atoms with Crippen molar-refractivity contribution in [3.63, 3.8) is 0 Å². The number of ether oxygens (including phenoxy) is 2. The molecule has 0 aliphatic carbocycles. The zero-order chi connectivity index (χ0) is 16.6. The fourth-order valence-electron chi connectivity index (χ4n) is 2.38. The minimum atomic E-state index is -1.07. The number of rotatable bonds is 4. The third-order valence-electron chi connectivity index (χ3n) is 3.69. The predicted molar refractivity (Wildman–Crippen MR) is 85.7 cm³/mol. The Hall–Kier alpha value is -2.41. The average molecular weight is 333 g/mol. The van der Waals surface area contributed by atoms with Gasteiger partial charge >= 0.3 is 0 Å². The number of thioether (sulfide) groups is 1. The molecular formula is C16H15NO5S. The van der Waals surface area contributed by atoms with E-state index in [-0.39, 0.29) is 11.1 Å². The van der Waals surface area contributed by atoms with Crippen LogP contribution in [0.25, 0.3) is 11.3 Å². The van der Waals surface area contributed by atoms with Crippen molar-refractivity contribution < 1.29 is 23.5 Å². The number of imide groups is 1. The molecule has 6 nitrogen and oxygen atoms in total. The number of nitrogens with one attached hydrogen (secondary N) is 1. The number of benzene rings is 1. The molecule has 120 valence electrons. The summed E-state index contributed by atoms with van der Waals surface area (Å²) in [6.45, 7) is 1.66. The van der Waals surface area contributed by atoms with Gasteiger partial charge in [-0.3, -0.25) is 14.9 Å². The molecule has 23 heavy (non-hydrogen) atoms. The summed E-state index contributed by atoms with van der Waals surface area (Å²) in [5.41, 5.74) is 0.705. The molecule has 1 atom stereocenters. The van der Waals surface area contributed by atoms with Crippen molar-refractivity contribution in [1.29, 1.82) is 0 Å². The summed E-state index contributed by atoms with van der Waals surface area (Å²) >= 11 is 0.906. The number of carbonyl (C=O) groups excluding carboxylic acids is 2. The van der Waals surface area contributed by atoms with Gasteiger partial charge in [0.15, 0.2) is 4.75 Å². The molecule has 0 saturated carbocycles. The highest BCUT2D eigenvalue weighted by Gasteiger charge is 2.47. The Labute approximate surface area is 137 Å². The standard InChI is InChI=1S/C16H15NO5S/c1-16(14(18)17-15(19)23-16)13-7-6-12(22-13)10-8-9(20-2)4-5-11(10)21-3/h4-8H,1-3H3,(H,17,18,19). The Morgan fingerprint density at radius 2 is 1.91 bits per heavy atom. The van der Waals surface area contributed by atoms with E-state index >= 15 is 0 Å². The predicted octanol–water partition coefficient (Wildman–Crippen LogP) is 3.16. The number of hydrogen-bond acceptors (Lipinski definition) is 6. The highest BCUT2D eigenvalue weighted by Crippen LogP contribution is 2.44. The summed E-state index contributed by atoms with van der Waals surface area (Å²) in [6.07, 6.45) is 0. The van der Waals surface area contributed by atoms with E-state index < -0.39 is 4.75 Å². The van der Waals surface area contributed by atoms with Crippen molar-refractivity contribution in [2.75, 3.05) is 14.2 Å². The second-order valence-electron chi connectivity index (χ2n) is 5.11. The molecule has 2 aromatic rings. The molecule has 1 unspecified atom stereocenters. The molecule has 0 bridgehead atoms. The molecule has 1 aromatic carbocycles. The molecule has 2 amide bonds. The molecule has 1 aromatic heterocycles. The van der Waals surface area contributed by atoms with Gasteiger partial charge in [-0.25, -0.2) is 0 Å². The largest absolute Gasteiger partial charge is 0.497 e. The first kappa shape index (κ1) is 15.5. The Balaban J connectivity index is 2.03. The average Bonchev–Trinajstić information content (AvgIpc) is 3.13. The molecule has 7 heteroatoms. The van der Waals surface area contributed by atoms with Gasteiger partial charge in [0.05, 0.1) is 19.8 Å². The van der Waals surface area contributed by atoms with Gasteiger partial charge in [0.25, 0.3) is 11.1 Å². The SMILES string of the molecule is COc1ccc(OC)c(-c2ccc(C3(C)SC(=O)NC3=O)o2)c1. The van der Waals surface area contributed by atoms with E-state index in [4.69, 9.17) is 13.9 Å². The second-order valence-corrected chi connectivity index (χ2v) is 6.50. The first-order valence-corrected chi connectivity index (χ1v) is 7.66. The minimum absolute atomic E-state index is 0.380. The third kappa shape index (κ3) is 2.57. The lowest BCUT2D eigenvalue weighted by Gasteiger charge is -2.15. The van der Waals surface area contributed by atoms with Crippen molar-refractivity contribution >= 4 is 22.9 Å². The Kier molecular flexibility index (Phi) is 3.81. The maximum absolute atomic E-state index is 12.0. The van der Waals surface area contributed by atoms with Gasteiger partial charge in [-0.1, -0.05) is 0 Å². The van der Waals surface area contributed by atoms with E-state index in [0.717, 1.165) is 11.8 Å². The van der Waals surface area contributed by atoms with Crippen LogP contribution >= 0.6 is 11.8 Å². The molecule has 1 fully saturated rings. The summed E-state index contributed by atoms with van der Waals surface area (Å²) < 4.78 is 15.3. The number of methoxy groups -OCH3 is 2. The molecule has 1 N–H and O–H groups in total. The summed E-state index contributed by atoms with van der Waals surface area (Å²) in [6, 6.07) is 8.79. The number of amides is 2. The molecular weight excluding hydrogens is 318 g/mol. The van der Waals surface area contributed by atoms with Crippen LogP contribution in [-0.4, -0.2) is 25.4 Å². The van der Waals surface area contributed by atoms with E-state index in [0.29, 0.717) is 28.6 Å². The van der Waals surface area contributed by atoms with Crippen LogP contribution in [0.5, 0.6) is 11.5 Å². The summed E-state index contributed by atoms with van der Waals surface area (Å²) in [7, 11) is 3.14. The van der Waals surface area contributed by atoms with Crippen molar-refractivity contribution in [3.8, 4) is 22.8 Å². The molecule has 0 radical (unpaired) electrons. The highest BCUT2D eigenvalue weighted by atomic mass is 32.2. The third-order valence-corrected chi connectivity index (χ3v) is 4.78. The van der Waals surface area contributed by atoms with Crippen LogP contribution in [0.2, 0.25) is 0 Å². The summed E-state index contributed by atoms with van der Waals surface area (Å²) in [5, 5.41) is 1.90. The van der Waals surface area contributed by atoms with Gasteiger partial charge in [0.1, 0.15) is 23.0 Å². The number of furan rings is 1. The Bertz CT molecular complexity index is 785. The molecule has 1 saturated heterocycles. The van der Waals surface area contributed by atoms with Crippen LogP contribution in [0.1, 0.15) is 12.7 Å². The molecule has 1 aliphatic heterocycles. The summed E-state index contributed by atoms with van der Waals surface area (Å²) in [4.78, 5) is 23.5. The summed E-state index contributed by atoms with van der Waals surface area (Å²) in [5.74, 6) is 1.84. The lowest BCUT2D eigenvalue weighted by atomic mass is 10.1. The van der Waals surface area contributed by atoms with Crippen LogP contribution in [0.15, 0.2) is 34.7 Å². The topological polar surface area (TPSA) is 77.8 Å². The van der Waals surface area contributed by atoms with Gasteiger partial charge in [-0.2, -0.15) is 0 Å². The van der Waals surface area contributed by atoms with Crippen LogP contribution in [0, 0.1) is 0 Å². The molecule has 0 spiro atoms. The smallest absolute Gasteiger partial charge is 0.287 e. The highest BCUT2D eigenvalue weighted by molar-refractivity contribution is 8.15. The quantitative estimate of drug-likeness (QED) is 0.926. The van der Waals surface area contributed by atoms with Crippen molar-refractivity contribution in [2.24, 2.45) is 0 Å². The van der Waals surface area contributed by atoms with Gasteiger partial charge in [0, 0.05) is 0 Å². The van der Waals surface area contributed by atoms with Gasteiger partial charge in [-0.15, -0.1) is 0 Å². The molecule has 1 aliphatic rings. The van der Waals surface area contributed by atoms with Crippen molar-refractivity contribution in [2.45, 2.75) is 11.7 Å². The van der Waals surface area contributed by atoms with Crippen LogP contribution in [-0.2, 0) is 9.54 Å². The normalized spacial score (nSPS) is 20.5. The van der Waals surface area contributed by atoms with Crippen LogP contribution in [0.4, 0.5) is 4.79 Å². The second kappa shape index (κ2) is 5.66. The zero-order valence-electron chi connectivity index (χ0n) is 12.8. The van der Waals surface area contributed by atoms with E-state index in [2.05, 4.69) is 5.32 Å². The zero-order valence-corrected chi connectivity index (χ0v) is 13.7. The maximum Gasteiger partial charge on any atom is 0.287 e. The lowest BCUT2D eigenvalue weighted by molar-refractivity contribution is -0.121. The Morgan fingerprint density at radius 1 is 1.13 bits per heavy atom. The first-order valence-electron chi connectivity index (χ1n) is 6.85. The number of carbonyl (C=O) groups is 2. The van der Waals surface area contributed by atoms with Gasteiger partial charge < -0.3 is 13.9 Å². The first-order chi connectivity index (χ1) is 11.0. The minimum Gasteiger partial charge on any atom is -0.497 e. The van der Waals surface area contributed by atoms with Crippen molar-refractivity contribution in [3.05, 3.63) is 36.1 Å². The van der Waals surface area contributed by atoms with E-state index in [9.17, 15) is 9.59 Å². The van der Waals surface area contributed by atoms with E-state index in [1.165, 1.54) is 0 Å². The van der Waals surface area contributed by atoms with Gasteiger partial charge in [0.2, 0.25) is 0 Å². The molecule has 2 heterocycles. The Morgan fingerprint density at radius 3 is 2.52 bits per heavy atom. The fraction of sp³-hybridized carbons (Fsp3) is 0.250. The van der Waals surface area contributed by atoms with E-state index in [1.54, 1.807) is 51.5 Å².